The molecule has 2 aromatic heterocycles. The Balaban J connectivity index is 0.000000181. The number of nitrogens with zero attached hydrogens (tertiary/aromatic N) is 2. The van der Waals surface area contributed by atoms with Gasteiger partial charge in [-0.25, -0.2) is 9.97 Å². The second-order valence-electron chi connectivity index (χ2n) is 40.7. The van der Waals surface area contributed by atoms with Gasteiger partial charge in [-0.15, -0.1) is 11.3 Å². The average Bonchev–Trinajstić information content (AvgIpc) is 1.47. The number of esters is 2. The predicted molar refractivity (Wildman–Crippen MR) is 507 cm³/mol. The number of hydrogen-bond acceptors (Lipinski definition) is 31. The lowest BCUT2D eigenvalue weighted by atomic mass is 9.71. The van der Waals surface area contributed by atoms with E-state index in [2.05, 4.69) is 94.6 Å². The van der Waals surface area contributed by atoms with Crippen LogP contribution in [0.4, 0.5) is 0 Å². The Kier molecular flexibility index (Phi) is 34.4. The summed E-state index contributed by atoms with van der Waals surface area (Å²) < 4.78 is 127. The molecule has 4 bridgehead atoms. The van der Waals surface area contributed by atoms with Crippen molar-refractivity contribution in [2.45, 2.75) is 376 Å². The molecule has 0 saturated carbocycles. The molecule has 0 unspecified atom stereocenters. The van der Waals surface area contributed by atoms with Gasteiger partial charge in [0.2, 0.25) is 0 Å². The molecule has 31 nitrogen and oxygen atoms in total. The van der Waals surface area contributed by atoms with Crippen LogP contribution in [0.2, 0.25) is 0 Å². The number of allylic oxidation sites excluding steroid dienone is 4. The highest BCUT2D eigenvalue weighted by Crippen LogP contribution is 2.51. The second kappa shape index (κ2) is 44.9. The van der Waals surface area contributed by atoms with Gasteiger partial charge in [-0.2, -0.15) is 0 Å². The molecule has 39 atom stereocenters. The fourth-order valence-electron chi connectivity index (χ4n) is 22.4. The first-order chi connectivity index (χ1) is 65.4. The van der Waals surface area contributed by atoms with E-state index in [4.69, 9.17) is 94.7 Å². The van der Waals surface area contributed by atoms with E-state index in [-0.39, 0.29) is 85.3 Å². The largest absolute Gasteiger partial charge is 0.462 e. The summed E-state index contributed by atoms with van der Waals surface area (Å²) in [4.78, 5) is 40.5. The number of aliphatic hydroxyl groups excluding tert-OH is 4. The van der Waals surface area contributed by atoms with Gasteiger partial charge in [0.05, 0.1) is 115 Å². The van der Waals surface area contributed by atoms with E-state index in [1.807, 2.05) is 99.3 Å². The molecule has 1 aromatic carbocycles. The molecule has 137 heavy (non-hydrogen) atoms. The summed E-state index contributed by atoms with van der Waals surface area (Å²) in [7, 11) is 6.44. The molecule has 14 heterocycles. The maximum atomic E-state index is 14.3. The van der Waals surface area contributed by atoms with Crippen LogP contribution in [0, 0.1) is 47.3 Å². The van der Waals surface area contributed by atoms with Crippen molar-refractivity contribution < 1.29 is 135 Å². The van der Waals surface area contributed by atoms with Gasteiger partial charge in [-0.1, -0.05) is 147 Å². The topological polar surface area (TPSA) is 382 Å². The molecule has 14 aliphatic rings. The van der Waals surface area contributed by atoms with Crippen LogP contribution < -0.4 is 0 Å². The second-order valence-corrected chi connectivity index (χ2v) is 41.5. The highest BCUT2D eigenvalue weighted by molar-refractivity contribution is 7.07. The summed E-state index contributed by atoms with van der Waals surface area (Å²) in [6.07, 6.45) is 16.1. The zero-order valence-corrected chi connectivity index (χ0v) is 83.8. The number of fused-ring (bicyclic) bond motifs is 5. The Morgan fingerprint density at radius 2 is 0.949 bits per heavy atom. The Morgan fingerprint density at radius 1 is 0.518 bits per heavy atom. The molecule has 758 valence electrons. The van der Waals surface area contributed by atoms with Gasteiger partial charge in [-0.3, -0.25) is 9.59 Å². The van der Waals surface area contributed by atoms with E-state index < -0.39 is 182 Å². The molecule has 7 N–H and O–H groups in total. The van der Waals surface area contributed by atoms with Crippen molar-refractivity contribution in [3.05, 3.63) is 154 Å². The fraction of sp³-hybridized carbons (Fsp3) is 0.695. The number of methoxy groups -OCH3 is 4. The van der Waals surface area contributed by atoms with E-state index in [0.717, 1.165) is 40.1 Å². The maximum Gasteiger partial charge on any atom is 0.316 e. The molecule has 2 aliphatic carbocycles. The van der Waals surface area contributed by atoms with Gasteiger partial charge in [0.25, 0.3) is 0 Å². The van der Waals surface area contributed by atoms with Gasteiger partial charge >= 0.3 is 11.9 Å². The van der Waals surface area contributed by atoms with Crippen LogP contribution in [-0.2, 0) is 104 Å². The lowest BCUT2D eigenvalue weighted by Crippen LogP contribution is -2.58. The van der Waals surface area contributed by atoms with Crippen LogP contribution >= 0.6 is 11.3 Å². The minimum Gasteiger partial charge on any atom is -0.462 e. The summed E-state index contributed by atoms with van der Waals surface area (Å²) in [5.74, 6) is -4.34. The SMILES string of the molecule is CC[C@H](C)[C@H]1O[C@]2(C=C[C@@H]1C)C[C@@H]1C[C@@H](C/C=C(\C)[C@@H](O[C@H]3C[C@H](OC)[C@@H](O[C@H]4C[C@H](OC)[C@@H](O)[C@H](C)O4)[C@H](C)O3)[C@@H](C)/C=C/C=C3\CO[C@@H]4[C@H](O)C(C)=C[C@@H](C(=O)O1)[C@]34O)O2.CO[C@H]1C[C@H](O[C@H]2[C@H](C)O[C@@H](O[C@@H]3/C(C)=C/C[C@@H]4C[C@@H](C[C@]5(C=C[C@H](C)[C@@H](C(C)C)O5)O4)OC(=O)[C@@H]4C=C(C)[C@@H](O)[C@H]5OC/C(=C\C=C\[C@@H]3C)[C@]54O)C[C@@H]2OC)O[C@@H](C)[C@@H]1O.c1ccc2[nH]c(-c3cscn3)nc2c1. The minimum atomic E-state index is -1.84. The zero-order valence-electron chi connectivity index (χ0n) is 83.0. The van der Waals surface area contributed by atoms with Crippen molar-refractivity contribution in [3.63, 3.8) is 0 Å². The number of para-hydroxylation sites is 2. The van der Waals surface area contributed by atoms with Gasteiger partial charge < -0.3 is 130 Å². The predicted octanol–water partition coefficient (Wildman–Crippen LogP) is 13.1. The van der Waals surface area contributed by atoms with Gasteiger partial charge in [-0.05, 0) is 138 Å². The number of thiazole rings is 1. The van der Waals surface area contributed by atoms with E-state index >= 15 is 0 Å². The van der Waals surface area contributed by atoms with Crippen LogP contribution in [0.1, 0.15) is 181 Å². The molecule has 12 aliphatic heterocycles. The standard InChI is InChI=1S/C48H72O14.C47H70O14.C10H7N3S/c1-11-25(2)43-28(5)17-18-47(62-43)23-34-20-33(61-47)16-15-27(4)42(26(3)13-12-14-32-24-55-45-40(49)29(6)19-35(46(51)58-34)48(32,45)52)59-39-22-37(54-10)44(31(8)57-39)60-38-21-36(53-9)41(50)30(7)56-38;1-24(2)41-27(5)16-17-46(61-41)22-33-19-32(60-46)15-14-26(4)42(25(3)12-11-13-31-23-54-44-39(48)28(6)18-34(45(50)57-33)47(31,44)51)58-38-21-36(53-10)43(30(8)56-38)59-37-20-35(52-9)40(49)29(7)55-37;1-2-4-8-7(3-1)12-10(13-8)9-5-14-6-11-9/h12-15,17-19,25-26,28,30-31,33-45,49-50,52H,11,16,20-24H2,1-10H3;11-14,16-18,24-25,27,29-30,32-44,48-49,51H,15,19-23H2,1-10H3;1-6H,(H,12,13)/b13-12+,27-15+,32-14+;12-11+,26-14+,31-13+;/t25-,26-,28-,30-,31-,33+,34-,35-,36-,37-,38-,39-,40+,41-,42-,43+,44-,45+,47+,48+;25-,27-,29-,30-,32+,33-,34-,35-,36-,37-,38-,39+,40-,41+,42-,43-,44+,46+,47+;/m00./s1. The number of ether oxygens (including phenoxy) is 20. The van der Waals surface area contributed by atoms with Gasteiger partial charge in [0, 0.05) is 109 Å². The normalized spacial score (nSPS) is 45.3. The van der Waals surface area contributed by atoms with Crippen LogP contribution in [0.5, 0.6) is 0 Å². The smallest absolute Gasteiger partial charge is 0.316 e. The molecule has 8 saturated heterocycles. The Hall–Kier alpha value is -6.30. The molecule has 0 amide bonds. The highest BCUT2D eigenvalue weighted by Gasteiger charge is 2.63. The third-order valence-corrected chi connectivity index (χ3v) is 31.1. The number of imidazole rings is 1. The lowest BCUT2D eigenvalue weighted by molar-refractivity contribution is -0.318. The van der Waals surface area contributed by atoms with Crippen LogP contribution in [0.15, 0.2) is 154 Å². The van der Waals surface area contributed by atoms with Crippen molar-refractivity contribution in [1.29, 1.82) is 0 Å². The quantitative estimate of drug-likeness (QED) is 0.0517. The average molecular weight is 1930 g/mol. The van der Waals surface area contributed by atoms with Crippen LogP contribution in [0.3, 0.4) is 0 Å². The van der Waals surface area contributed by atoms with E-state index in [1.165, 1.54) is 0 Å². The van der Waals surface area contributed by atoms with Crippen molar-refractivity contribution in [3.8, 4) is 11.5 Å². The van der Waals surface area contributed by atoms with E-state index in [9.17, 15) is 40.2 Å². The van der Waals surface area contributed by atoms with E-state index in [0.29, 0.717) is 86.5 Å². The minimum absolute atomic E-state index is 0.0313. The third-order valence-electron chi connectivity index (χ3n) is 30.5. The molecule has 32 heteroatoms. The molecule has 17 rings (SSSR count). The number of nitrogens with one attached hydrogen (secondary N) is 1. The Morgan fingerprint density at radius 3 is 1.38 bits per heavy atom. The van der Waals surface area contributed by atoms with E-state index in [1.54, 1.807) is 91.8 Å². The molecular formula is C105H149N3O28S. The first-order valence-electron chi connectivity index (χ1n) is 49.4. The van der Waals surface area contributed by atoms with Crippen molar-refractivity contribution >= 4 is 34.3 Å². The molecule has 0 radical (unpaired) electrons. The van der Waals surface area contributed by atoms with Crippen LogP contribution in [0.25, 0.3) is 22.6 Å². The molecular weight excluding hydrogens is 1780 g/mol. The van der Waals surface area contributed by atoms with Gasteiger partial charge in [0.15, 0.2) is 42.6 Å². The highest BCUT2D eigenvalue weighted by atomic mass is 32.1. The molecule has 3 aromatic rings. The number of hydrogen-bond donors (Lipinski definition) is 7. The molecule has 8 fully saturated rings. The summed E-state index contributed by atoms with van der Waals surface area (Å²) in [5.41, 5.74) is 5.01. The Labute approximate surface area is 810 Å². The first kappa shape index (κ1) is 105. The zero-order chi connectivity index (χ0) is 98.0. The van der Waals surface area contributed by atoms with Crippen molar-refractivity contribution in [2.75, 3.05) is 41.7 Å². The third kappa shape index (κ3) is 22.9. The summed E-state index contributed by atoms with van der Waals surface area (Å²) in [6, 6.07) is 7.97. The number of benzene rings is 1. The summed E-state index contributed by atoms with van der Waals surface area (Å²) in [6.45, 7) is 32.1. The van der Waals surface area contributed by atoms with Crippen molar-refractivity contribution in [1.82, 2.24) is 15.0 Å². The first-order valence-corrected chi connectivity index (χ1v) is 50.4. The maximum absolute atomic E-state index is 14.3. The monoisotopic (exact) mass is 1930 g/mol. The lowest BCUT2D eigenvalue weighted by Gasteiger charge is -2.48. The summed E-state index contributed by atoms with van der Waals surface area (Å²) >= 11 is 1.57. The number of aromatic amines is 1. The fourth-order valence-corrected chi connectivity index (χ4v) is 22.9. The number of rotatable bonds is 16. The number of carbonyl (C=O) groups is 2. The van der Waals surface area contributed by atoms with Crippen molar-refractivity contribution in [2.24, 2.45) is 47.3 Å². The Bertz CT molecular complexity index is 4860. The molecule has 2 spiro atoms. The number of carbonyl (C=O) groups excluding carboxylic acids is 2. The number of aliphatic hydroxyl groups is 6. The number of aromatic nitrogens is 3. The summed E-state index contributed by atoms with van der Waals surface area (Å²) in [5, 5.41) is 70.4. The van der Waals surface area contributed by atoms with Gasteiger partial charge in [0.1, 0.15) is 89.8 Å². The van der Waals surface area contributed by atoms with Crippen LogP contribution in [-0.4, -0.2) is 294 Å². The number of H-pyrrole nitrogens is 1.